The molecule has 46 heavy (non-hydrogen) atoms. The molecule has 9 nitrogen and oxygen atoms in total. The minimum Gasteiger partial charge on any atom is -0.375 e. The van der Waals surface area contributed by atoms with Gasteiger partial charge in [0.15, 0.2) is 0 Å². The molecule has 3 amide bonds. The SMILES string of the molecule is CC(C)(C#N)n1cc(-c2cc(NC(=O)N3C[C@](O)(C(F)(F)F)c4cc(F)ccc43)c3c(c2)C(=O)N[C@@H]3c2cc(F)ccc2Cl)cn1. The lowest BCUT2D eigenvalue weighted by Crippen LogP contribution is -2.48. The predicted octanol–water partition coefficient (Wildman–Crippen LogP) is 6.38. The zero-order valence-electron chi connectivity index (χ0n) is 23.9. The molecule has 3 N–H and O–H groups in total. The quantitative estimate of drug-likeness (QED) is 0.220. The Balaban J connectivity index is 1.48. The Kier molecular flexibility index (Phi) is 7.10. The van der Waals surface area contributed by atoms with Crippen LogP contribution in [0.25, 0.3) is 11.1 Å². The Morgan fingerprint density at radius 2 is 1.83 bits per heavy atom. The number of nitriles is 1. The lowest BCUT2D eigenvalue weighted by Gasteiger charge is -2.27. The molecule has 0 spiro atoms. The van der Waals surface area contributed by atoms with Crippen LogP contribution in [0.3, 0.4) is 0 Å². The van der Waals surface area contributed by atoms with Gasteiger partial charge in [-0.2, -0.15) is 23.5 Å². The molecule has 0 fully saturated rings. The lowest BCUT2D eigenvalue weighted by molar-refractivity contribution is -0.258. The minimum absolute atomic E-state index is 0.0427. The number of alkyl halides is 3. The summed E-state index contributed by atoms with van der Waals surface area (Å²) >= 11 is 6.37. The topological polar surface area (TPSA) is 123 Å². The van der Waals surface area contributed by atoms with Crippen molar-refractivity contribution in [1.82, 2.24) is 15.1 Å². The molecule has 0 saturated carbocycles. The van der Waals surface area contributed by atoms with Gasteiger partial charge in [-0.1, -0.05) is 11.6 Å². The maximum absolute atomic E-state index is 14.3. The number of fused-ring (bicyclic) bond motifs is 2. The van der Waals surface area contributed by atoms with Gasteiger partial charge in [0.1, 0.15) is 17.2 Å². The standard InChI is InChI=1S/C31H22ClF5N6O3/c1-29(2,13-38)43-12-16(11-39-43)15-7-20-25(26(41-27(20)44)19-9-17(33)3-5-22(19)32)23(8-15)40-28(45)42-14-30(46,31(35,36)37)21-10-18(34)4-6-24(21)42/h3-12,26,46H,14H2,1-2H3,(H,40,45)(H,41,44)/t26-,30-/m1/s1. The van der Waals surface area contributed by atoms with Crippen molar-refractivity contribution >= 4 is 34.9 Å². The summed E-state index contributed by atoms with van der Waals surface area (Å²) in [6, 6.07) is 8.63. The molecule has 4 aromatic rings. The Morgan fingerprint density at radius 3 is 2.52 bits per heavy atom. The summed E-state index contributed by atoms with van der Waals surface area (Å²) in [5.41, 5.74) is -4.79. The van der Waals surface area contributed by atoms with Gasteiger partial charge in [0.25, 0.3) is 5.91 Å². The molecular formula is C31H22ClF5N6O3. The first-order valence-electron chi connectivity index (χ1n) is 13.6. The van der Waals surface area contributed by atoms with Crippen molar-refractivity contribution in [3.8, 4) is 17.2 Å². The fourth-order valence-corrected chi connectivity index (χ4v) is 5.81. The molecule has 0 saturated heterocycles. The van der Waals surface area contributed by atoms with Crippen LogP contribution in [0.2, 0.25) is 5.02 Å². The van der Waals surface area contributed by atoms with E-state index in [9.17, 15) is 41.9 Å². The Hall–Kier alpha value is -5.00. The number of urea groups is 1. The van der Waals surface area contributed by atoms with Crippen molar-refractivity contribution in [2.75, 3.05) is 16.8 Å². The van der Waals surface area contributed by atoms with Crippen molar-refractivity contribution in [2.24, 2.45) is 0 Å². The second-order valence-corrected chi connectivity index (χ2v) is 11.8. The number of hydrogen-bond acceptors (Lipinski definition) is 5. The highest BCUT2D eigenvalue weighted by molar-refractivity contribution is 6.31. The second kappa shape index (κ2) is 10.5. The number of aliphatic hydroxyl groups is 1. The van der Waals surface area contributed by atoms with E-state index in [4.69, 9.17) is 11.6 Å². The first-order valence-corrected chi connectivity index (χ1v) is 14.0. The third-order valence-corrected chi connectivity index (χ3v) is 8.40. The maximum Gasteiger partial charge on any atom is 0.423 e. The van der Waals surface area contributed by atoms with E-state index in [0.717, 1.165) is 24.3 Å². The van der Waals surface area contributed by atoms with Crippen LogP contribution in [0.15, 0.2) is 60.9 Å². The molecule has 3 heterocycles. The number of benzene rings is 3. The number of halogens is 6. The summed E-state index contributed by atoms with van der Waals surface area (Å²) in [7, 11) is 0. The normalized spacial score (nSPS) is 19.0. The fraction of sp³-hybridized carbons (Fsp3) is 0.226. The van der Waals surface area contributed by atoms with Crippen LogP contribution in [-0.4, -0.2) is 39.5 Å². The van der Waals surface area contributed by atoms with Gasteiger partial charge in [-0.25, -0.2) is 13.6 Å². The van der Waals surface area contributed by atoms with Crippen LogP contribution in [-0.2, 0) is 11.1 Å². The van der Waals surface area contributed by atoms with Crippen LogP contribution >= 0.6 is 11.6 Å². The van der Waals surface area contributed by atoms with Gasteiger partial charge in [-0.3, -0.25) is 14.4 Å². The highest BCUT2D eigenvalue weighted by Crippen LogP contribution is 2.49. The number of nitrogens with zero attached hydrogens (tertiary/aromatic N) is 4. The molecule has 0 radical (unpaired) electrons. The third kappa shape index (κ3) is 4.92. The van der Waals surface area contributed by atoms with Crippen molar-refractivity contribution in [3.05, 3.63) is 99.8 Å². The summed E-state index contributed by atoms with van der Waals surface area (Å²) in [6.45, 7) is 1.97. The third-order valence-electron chi connectivity index (χ3n) is 8.06. The lowest BCUT2D eigenvalue weighted by atomic mass is 9.93. The first kappa shape index (κ1) is 31.0. The smallest absolute Gasteiger partial charge is 0.375 e. The molecule has 236 valence electrons. The van der Waals surface area contributed by atoms with Crippen LogP contribution < -0.4 is 15.5 Å². The summed E-state index contributed by atoms with van der Waals surface area (Å²) in [6.07, 6.45) is -2.30. The zero-order chi connectivity index (χ0) is 33.3. The van der Waals surface area contributed by atoms with Gasteiger partial charge in [0.2, 0.25) is 5.60 Å². The molecule has 3 aromatic carbocycles. The van der Waals surface area contributed by atoms with E-state index in [-0.39, 0.29) is 33.1 Å². The molecule has 0 bridgehead atoms. The first-order chi connectivity index (χ1) is 21.5. The Morgan fingerprint density at radius 1 is 1.13 bits per heavy atom. The summed E-state index contributed by atoms with van der Waals surface area (Å²) in [4.78, 5) is 27.7. The molecule has 0 aliphatic carbocycles. The van der Waals surface area contributed by atoms with E-state index < -0.39 is 59.0 Å². The van der Waals surface area contributed by atoms with Crippen molar-refractivity contribution in [2.45, 2.75) is 37.2 Å². The van der Waals surface area contributed by atoms with Crippen LogP contribution in [0.5, 0.6) is 0 Å². The van der Waals surface area contributed by atoms with Crippen molar-refractivity contribution in [3.63, 3.8) is 0 Å². The van der Waals surface area contributed by atoms with Gasteiger partial charge < -0.3 is 15.7 Å². The average molecular weight is 657 g/mol. The summed E-state index contributed by atoms with van der Waals surface area (Å²) in [5, 5.41) is 29.8. The largest absolute Gasteiger partial charge is 0.423 e. The van der Waals surface area contributed by atoms with Crippen LogP contribution in [0, 0.1) is 23.0 Å². The van der Waals surface area contributed by atoms with E-state index >= 15 is 0 Å². The number of rotatable bonds is 4. The zero-order valence-corrected chi connectivity index (χ0v) is 24.6. The summed E-state index contributed by atoms with van der Waals surface area (Å²) < 4.78 is 71.9. The molecule has 2 aliphatic rings. The average Bonchev–Trinajstić information content (AvgIpc) is 3.70. The molecule has 2 aliphatic heterocycles. The highest BCUT2D eigenvalue weighted by atomic mass is 35.5. The molecule has 2 atom stereocenters. The fourth-order valence-electron chi connectivity index (χ4n) is 5.58. The van der Waals surface area contributed by atoms with Crippen LogP contribution in [0.4, 0.5) is 38.1 Å². The predicted molar refractivity (Wildman–Crippen MR) is 156 cm³/mol. The van der Waals surface area contributed by atoms with Crippen molar-refractivity contribution in [1.29, 1.82) is 5.26 Å². The number of nitrogens with one attached hydrogen (secondary N) is 2. The monoisotopic (exact) mass is 656 g/mol. The van der Waals surface area contributed by atoms with E-state index in [1.807, 2.05) is 0 Å². The van der Waals surface area contributed by atoms with E-state index in [2.05, 4.69) is 21.8 Å². The number of carbonyl (C=O) groups is 2. The van der Waals surface area contributed by atoms with Crippen molar-refractivity contribution < 1.29 is 36.6 Å². The number of anilines is 2. The van der Waals surface area contributed by atoms with E-state index in [1.165, 1.54) is 29.1 Å². The molecule has 6 rings (SSSR count). The van der Waals surface area contributed by atoms with Gasteiger partial charge >= 0.3 is 12.2 Å². The molecule has 15 heteroatoms. The number of carbonyl (C=O) groups excluding carboxylic acids is 2. The molecule has 1 aromatic heterocycles. The van der Waals surface area contributed by atoms with Gasteiger partial charge in [-0.05, 0) is 67.9 Å². The van der Waals surface area contributed by atoms with E-state index in [1.54, 1.807) is 20.0 Å². The minimum atomic E-state index is -5.27. The summed E-state index contributed by atoms with van der Waals surface area (Å²) in [5.74, 6) is -2.33. The van der Waals surface area contributed by atoms with Gasteiger partial charge in [-0.15, -0.1) is 0 Å². The maximum atomic E-state index is 14.3. The van der Waals surface area contributed by atoms with E-state index in [0.29, 0.717) is 22.1 Å². The molecule has 0 unspecified atom stereocenters. The number of hydrogen-bond donors (Lipinski definition) is 3. The molecular weight excluding hydrogens is 635 g/mol. The van der Waals surface area contributed by atoms with Crippen LogP contribution in [0.1, 0.15) is 46.9 Å². The number of aromatic nitrogens is 2. The van der Waals surface area contributed by atoms with Gasteiger partial charge in [0.05, 0.1) is 30.5 Å². The second-order valence-electron chi connectivity index (χ2n) is 11.4. The number of amides is 3. The van der Waals surface area contributed by atoms with Gasteiger partial charge in [0, 0.05) is 44.7 Å². The Bertz CT molecular complexity index is 1990. The Labute approximate surface area is 262 Å². The highest BCUT2D eigenvalue weighted by Gasteiger charge is 2.61. The number of β-amino-alcohol motifs (C(OH)–C–C–N with tert-alkyl or cyclic N) is 1.